The summed E-state index contributed by atoms with van der Waals surface area (Å²) in [5.41, 5.74) is 3.37. The average Bonchev–Trinajstić information content (AvgIpc) is 3.22. The first-order valence-electron chi connectivity index (χ1n) is 9.80. The molecule has 0 atom stereocenters. The maximum absolute atomic E-state index is 13.4. The highest BCUT2D eigenvalue weighted by Crippen LogP contribution is 2.28. The molecule has 3 aromatic carbocycles. The minimum atomic E-state index is -0.664. The van der Waals surface area contributed by atoms with Gasteiger partial charge >= 0.3 is 5.97 Å². The van der Waals surface area contributed by atoms with Crippen molar-refractivity contribution in [2.75, 3.05) is 18.1 Å². The number of para-hydroxylation sites is 1. The lowest BCUT2D eigenvalue weighted by Gasteiger charge is -2.17. The zero-order valence-electron chi connectivity index (χ0n) is 16.6. The van der Waals surface area contributed by atoms with Crippen LogP contribution in [0.3, 0.4) is 0 Å². The van der Waals surface area contributed by atoms with Gasteiger partial charge in [0.05, 0.1) is 5.57 Å². The number of hydrogen-bond acceptors (Lipinski definition) is 3. The van der Waals surface area contributed by atoms with Crippen LogP contribution >= 0.6 is 11.6 Å². The van der Waals surface area contributed by atoms with Crippen molar-refractivity contribution in [2.24, 2.45) is 0 Å². The molecular weight excluding hydrogens is 417 g/mol. The standard InChI is InChI=1S/C25H19ClFNO3/c26-20-9-5-17(6-10-20)15-22(18-7-11-21(27)12-8-18)25(30)31-16-24(29)28-14-13-19-3-1-2-4-23(19)28/h1-12,15H,13-14,16H2/b22-15+. The minimum Gasteiger partial charge on any atom is -0.452 e. The highest BCUT2D eigenvalue weighted by Gasteiger charge is 2.25. The number of anilines is 1. The lowest BCUT2D eigenvalue weighted by molar-refractivity contribution is -0.141. The molecule has 0 N–H and O–H groups in total. The molecule has 0 saturated carbocycles. The van der Waals surface area contributed by atoms with Crippen molar-refractivity contribution in [3.63, 3.8) is 0 Å². The largest absolute Gasteiger partial charge is 0.452 e. The van der Waals surface area contributed by atoms with E-state index in [1.807, 2.05) is 24.3 Å². The molecule has 4 nitrogen and oxygen atoms in total. The van der Waals surface area contributed by atoms with Gasteiger partial charge in [-0.2, -0.15) is 0 Å². The highest BCUT2D eigenvalue weighted by molar-refractivity contribution is 6.30. The smallest absolute Gasteiger partial charge is 0.339 e. The minimum absolute atomic E-state index is 0.219. The van der Waals surface area contributed by atoms with E-state index in [4.69, 9.17) is 16.3 Å². The molecule has 0 radical (unpaired) electrons. The van der Waals surface area contributed by atoms with Crippen LogP contribution < -0.4 is 4.90 Å². The first-order valence-corrected chi connectivity index (χ1v) is 10.2. The Kier molecular flexibility index (Phi) is 6.14. The van der Waals surface area contributed by atoms with Crippen molar-refractivity contribution in [2.45, 2.75) is 6.42 Å². The Bertz CT molecular complexity index is 1140. The Balaban J connectivity index is 1.53. The van der Waals surface area contributed by atoms with Crippen LogP contribution in [0.25, 0.3) is 11.6 Å². The third-order valence-corrected chi connectivity index (χ3v) is 5.32. The normalized spacial score (nSPS) is 13.1. The van der Waals surface area contributed by atoms with Gasteiger partial charge in [-0.3, -0.25) is 4.79 Å². The second-order valence-corrected chi connectivity index (χ2v) is 7.55. The number of amides is 1. The number of ether oxygens (including phenoxy) is 1. The number of fused-ring (bicyclic) bond motifs is 1. The van der Waals surface area contributed by atoms with Crippen LogP contribution in [0.1, 0.15) is 16.7 Å². The summed E-state index contributed by atoms with van der Waals surface area (Å²) in [4.78, 5) is 27.2. The maximum atomic E-state index is 13.4. The van der Waals surface area contributed by atoms with Gasteiger partial charge in [-0.25, -0.2) is 9.18 Å². The van der Waals surface area contributed by atoms with Gasteiger partial charge in [0.25, 0.3) is 5.91 Å². The summed E-state index contributed by atoms with van der Waals surface area (Å²) >= 11 is 5.93. The number of hydrogen-bond donors (Lipinski definition) is 0. The number of esters is 1. The Labute approximate surface area is 184 Å². The molecule has 4 rings (SSSR count). The maximum Gasteiger partial charge on any atom is 0.339 e. The SMILES string of the molecule is O=C(OCC(=O)N1CCc2ccccc21)/C(=C/c1ccc(Cl)cc1)c1ccc(F)cc1. The number of benzene rings is 3. The summed E-state index contributed by atoms with van der Waals surface area (Å²) in [6, 6.07) is 20.1. The lowest BCUT2D eigenvalue weighted by Crippen LogP contribution is -2.33. The Morgan fingerprint density at radius 2 is 1.71 bits per heavy atom. The topological polar surface area (TPSA) is 46.6 Å². The molecule has 1 aliphatic rings. The van der Waals surface area contributed by atoms with E-state index in [1.54, 1.807) is 35.2 Å². The zero-order valence-corrected chi connectivity index (χ0v) is 17.3. The lowest BCUT2D eigenvalue weighted by atomic mass is 10.0. The van der Waals surface area contributed by atoms with Gasteiger partial charge in [-0.05, 0) is 59.5 Å². The van der Waals surface area contributed by atoms with Gasteiger partial charge in [-0.15, -0.1) is 0 Å². The average molecular weight is 436 g/mol. The van der Waals surface area contributed by atoms with E-state index in [0.717, 1.165) is 23.2 Å². The van der Waals surface area contributed by atoms with Crippen molar-refractivity contribution < 1.29 is 18.7 Å². The van der Waals surface area contributed by atoms with Crippen LogP contribution in [0, 0.1) is 5.82 Å². The van der Waals surface area contributed by atoms with Crippen LogP contribution in [0.2, 0.25) is 5.02 Å². The quantitative estimate of drug-likeness (QED) is 0.316. The number of carbonyl (C=O) groups is 2. The van der Waals surface area contributed by atoms with E-state index in [-0.39, 0.29) is 18.1 Å². The van der Waals surface area contributed by atoms with Crippen LogP contribution in [0.5, 0.6) is 0 Å². The van der Waals surface area contributed by atoms with Gasteiger partial charge in [-0.1, -0.05) is 54.1 Å². The second-order valence-electron chi connectivity index (χ2n) is 7.12. The molecule has 1 heterocycles. The third-order valence-electron chi connectivity index (χ3n) is 5.07. The van der Waals surface area contributed by atoms with Gasteiger partial charge in [0.2, 0.25) is 0 Å². The molecule has 31 heavy (non-hydrogen) atoms. The van der Waals surface area contributed by atoms with Crippen LogP contribution in [-0.2, 0) is 20.7 Å². The molecule has 0 saturated heterocycles. The van der Waals surface area contributed by atoms with E-state index >= 15 is 0 Å². The summed E-state index contributed by atoms with van der Waals surface area (Å²) < 4.78 is 18.7. The predicted octanol–water partition coefficient (Wildman–Crippen LogP) is 5.15. The molecule has 0 fully saturated rings. The van der Waals surface area contributed by atoms with Gasteiger partial charge in [0, 0.05) is 17.3 Å². The van der Waals surface area contributed by atoms with Crippen LogP contribution in [0.4, 0.5) is 10.1 Å². The van der Waals surface area contributed by atoms with E-state index in [2.05, 4.69) is 0 Å². The molecule has 1 aliphatic heterocycles. The van der Waals surface area contributed by atoms with Crippen molar-refractivity contribution in [1.29, 1.82) is 0 Å². The van der Waals surface area contributed by atoms with Crippen molar-refractivity contribution >= 4 is 40.8 Å². The van der Waals surface area contributed by atoms with E-state index in [9.17, 15) is 14.0 Å². The summed E-state index contributed by atoms with van der Waals surface area (Å²) in [6.07, 6.45) is 2.40. The highest BCUT2D eigenvalue weighted by atomic mass is 35.5. The molecule has 3 aromatic rings. The van der Waals surface area contributed by atoms with Crippen LogP contribution in [0.15, 0.2) is 72.8 Å². The Morgan fingerprint density at radius 1 is 1.00 bits per heavy atom. The summed E-state index contributed by atoms with van der Waals surface area (Å²) in [6.45, 7) is 0.174. The molecule has 0 spiro atoms. The van der Waals surface area contributed by atoms with Gasteiger partial charge in [0.15, 0.2) is 6.61 Å². The fourth-order valence-electron chi connectivity index (χ4n) is 3.50. The molecule has 6 heteroatoms. The molecule has 0 aromatic heterocycles. The third kappa shape index (κ3) is 4.84. The predicted molar refractivity (Wildman–Crippen MR) is 119 cm³/mol. The Hall–Kier alpha value is -3.44. The zero-order chi connectivity index (χ0) is 21.8. The number of halogens is 2. The van der Waals surface area contributed by atoms with Crippen LogP contribution in [-0.4, -0.2) is 25.0 Å². The van der Waals surface area contributed by atoms with Crippen molar-refractivity contribution in [1.82, 2.24) is 0 Å². The molecule has 0 unspecified atom stereocenters. The van der Waals surface area contributed by atoms with Gasteiger partial charge < -0.3 is 9.64 Å². The van der Waals surface area contributed by atoms with Gasteiger partial charge in [0.1, 0.15) is 5.82 Å². The molecule has 0 bridgehead atoms. The fraction of sp³-hybridized carbons (Fsp3) is 0.120. The molecule has 0 aliphatic carbocycles. The summed E-state index contributed by atoms with van der Waals surface area (Å²) in [7, 11) is 0. The first-order chi connectivity index (χ1) is 15.0. The molecule has 156 valence electrons. The number of carbonyl (C=O) groups excluding carboxylic acids is 2. The van der Waals surface area contributed by atoms with E-state index < -0.39 is 11.8 Å². The number of rotatable bonds is 5. The molecular formula is C25H19ClFNO3. The number of nitrogens with zero attached hydrogens (tertiary/aromatic N) is 1. The van der Waals surface area contributed by atoms with Crippen molar-refractivity contribution in [3.8, 4) is 0 Å². The fourth-order valence-corrected chi connectivity index (χ4v) is 3.62. The first kappa shape index (κ1) is 20.8. The summed E-state index contributed by atoms with van der Waals surface area (Å²) in [5.74, 6) is -1.36. The van der Waals surface area contributed by atoms with E-state index in [1.165, 1.54) is 24.3 Å². The van der Waals surface area contributed by atoms with E-state index in [0.29, 0.717) is 17.1 Å². The summed E-state index contributed by atoms with van der Waals surface area (Å²) in [5, 5.41) is 0.569. The Morgan fingerprint density at radius 3 is 2.45 bits per heavy atom. The molecule has 1 amide bonds. The monoisotopic (exact) mass is 435 g/mol. The second kappa shape index (κ2) is 9.14. The van der Waals surface area contributed by atoms with Crippen molar-refractivity contribution in [3.05, 3.63) is 100 Å².